The van der Waals surface area contributed by atoms with E-state index in [2.05, 4.69) is 5.32 Å². The molecule has 0 spiro atoms. The number of hydrogen-bond donors (Lipinski definition) is 1. The Morgan fingerprint density at radius 2 is 2.04 bits per heavy atom. The molecule has 1 aromatic heterocycles. The summed E-state index contributed by atoms with van der Waals surface area (Å²) in [6.45, 7) is 3.08. The van der Waals surface area contributed by atoms with Crippen molar-refractivity contribution in [1.29, 1.82) is 0 Å². The molecule has 2 heterocycles. The number of nitrogens with zero attached hydrogens (tertiary/aromatic N) is 1. The van der Waals surface area contributed by atoms with Gasteiger partial charge < -0.3 is 5.32 Å². The summed E-state index contributed by atoms with van der Waals surface area (Å²) in [4.78, 5) is 13.1. The molecule has 1 amide bonds. The van der Waals surface area contributed by atoms with Gasteiger partial charge in [0.05, 0.1) is 18.0 Å². The quantitative estimate of drug-likeness (QED) is 0.816. The lowest BCUT2D eigenvalue weighted by Gasteiger charge is -2.16. The number of benzene rings is 1. The molecule has 1 fully saturated rings. The Bertz CT molecular complexity index is 883. The van der Waals surface area contributed by atoms with E-state index in [4.69, 9.17) is 0 Å². The standard InChI is InChI=1S/C18H20N2O3S2/c1-14-9-11-24-17(14)13-19-18(21)8-5-15-3-6-16(7-4-15)20-10-2-12-25(20,22)23/h3-9,11H,2,10,12-13H2,1H3,(H,19,21)/b8-5+. The highest BCUT2D eigenvalue weighted by atomic mass is 32.2. The third kappa shape index (κ3) is 4.29. The van der Waals surface area contributed by atoms with Crippen molar-refractivity contribution in [1.82, 2.24) is 5.32 Å². The Kier molecular flexibility index (Phi) is 5.24. The summed E-state index contributed by atoms with van der Waals surface area (Å²) in [5, 5.41) is 4.87. The van der Waals surface area contributed by atoms with Crippen LogP contribution in [-0.2, 0) is 21.4 Å². The van der Waals surface area contributed by atoms with Crippen molar-refractivity contribution in [3.8, 4) is 0 Å². The van der Waals surface area contributed by atoms with Crippen LogP contribution in [0.25, 0.3) is 6.08 Å². The number of thiophene rings is 1. The number of aryl methyl sites for hydroxylation is 1. The zero-order valence-corrected chi connectivity index (χ0v) is 15.6. The van der Waals surface area contributed by atoms with Crippen LogP contribution in [0.5, 0.6) is 0 Å². The van der Waals surface area contributed by atoms with Crippen LogP contribution in [0.4, 0.5) is 5.69 Å². The van der Waals surface area contributed by atoms with Gasteiger partial charge in [-0.2, -0.15) is 0 Å². The maximum Gasteiger partial charge on any atom is 0.244 e. The number of amides is 1. The lowest BCUT2D eigenvalue weighted by Crippen LogP contribution is -2.24. The van der Waals surface area contributed by atoms with Crippen LogP contribution >= 0.6 is 11.3 Å². The second-order valence-corrected chi connectivity index (χ2v) is 8.92. The van der Waals surface area contributed by atoms with Gasteiger partial charge in [0, 0.05) is 17.5 Å². The number of anilines is 1. The first kappa shape index (κ1) is 17.7. The second-order valence-electron chi connectivity index (χ2n) is 5.91. The van der Waals surface area contributed by atoms with Gasteiger partial charge >= 0.3 is 0 Å². The maximum atomic E-state index is 11.9. The number of rotatable bonds is 5. The molecule has 25 heavy (non-hydrogen) atoms. The van der Waals surface area contributed by atoms with E-state index in [1.54, 1.807) is 29.5 Å². The minimum Gasteiger partial charge on any atom is -0.348 e. The molecule has 3 rings (SSSR count). The van der Waals surface area contributed by atoms with E-state index < -0.39 is 10.0 Å². The molecule has 0 saturated carbocycles. The van der Waals surface area contributed by atoms with Crippen molar-refractivity contribution in [3.63, 3.8) is 0 Å². The molecule has 0 bridgehead atoms. The predicted octanol–water partition coefficient (Wildman–Crippen LogP) is 2.93. The zero-order valence-electron chi connectivity index (χ0n) is 13.9. The highest BCUT2D eigenvalue weighted by Gasteiger charge is 2.28. The molecular weight excluding hydrogens is 356 g/mol. The largest absolute Gasteiger partial charge is 0.348 e. The number of carbonyl (C=O) groups excluding carboxylic acids is 1. The number of carbonyl (C=O) groups is 1. The number of hydrogen-bond acceptors (Lipinski definition) is 4. The lowest BCUT2D eigenvalue weighted by atomic mass is 10.2. The van der Waals surface area contributed by atoms with Crippen molar-refractivity contribution < 1.29 is 13.2 Å². The minimum absolute atomic E-state index is 0.154. The summed E-state index contributed by atoms with van der Waals surface area (Å²) in [7, 11) is -3.16. The van der Waals surface area contributed by atoms with Crippen LogP contribution in [0, 0.1) is 6.92 Å². The van der Waals surface area contributed by atoms with Crippen LogP contribution < -0.4 is 9.62 Å². The molecule has 0 aliphatic carbocycles. The Morgan fingerprint density at radius 3 is 2.64 bits per heavy atom. The highest BCUT2D eigenvalue weighted by molar-refractivity contribution is 7.93. The van der Waals surface area contributed by atoms with Crippen LogP contribution in [0.3, 0.4) is 0 Å². The van der Waals surface area contributed by atoms with E-state index in [0.717, 1.165) is 10.4 Å². The maximum absolute atomic E-state index is 11.9. The van der Waals surface area contributed by atoms with Gasteiger partial charge in [0.25, 0.3) is 0 Å². The van der Waals surface area contributed by atoms with Gasteiger partial charge in [0.1, 0.15) is 0 Å². The molecule has 5 nitrogen and oxygen atoms in total. The average molecular weight is 377 g/mol. The first-order valence-electron chi connectivity index (χ1n) is 8.05. The molecule has 0 radical (unpaired) electrons. The highest BCUT2D eigenvalue weighted by Crippen LogP contribution is 2.24. The van der Waals surface area contributed by atoms with Gasteiger partial charge in [0.15, 0.2) is 0 Å². The number of sulfonamides is 1. The third-order valence-electron chi connectivity index (χ3n) is 4.10. The molecule has 132 valence electrons. The smallest absolute Gasteiger partial charge is 0.244 e. The Labute approximate surface area is 152 Å². The molecule has 0 atom stereocenters. The van der Waals surface area contributed by atoms with Crippen molar-refractivity contribution in [3.05, 3.63) is 57.8 Å². The van der Waals surface area contributed by atoms with Crippen molar-refractivity contribution in [2.24, 2.45) is 0 Å². The molecule has 1 aliphatic heterocycles. The molecule has 2 aromatic rings. The van der Waals surface area contributed by atoms with Gasteiger partial charge in [-0.15, -0.1) is 11.3 Å². The van der Waals surface area contributed by atoms with Gasteiger partial charge in [0.2, 0.25) is 15.9 Å². The summed E-state index contributed by atoms with van der Waals surface area (Å²) in [5.41, 5.74) is 2.71. The van der Waals surface area contributed by atoms with E-state index in [9.17, 15) is 13.2 Å². The average Bonchev–Trinajstić information content (AvgIpc) is 3.16. The first-order chi connectivity index (χ1) is 12.0. The Morgan fingerprint density at radius 1 is 1.28 bits per heavy atom. The molecular formula is C18H20N2O3S2. The normalized spacial score (nSPS) is 16.4. The fourth-order valence-corrected chi connectivity index (χ4v) is 5.08. The molecule has 1 aromatic carbocycles. The van der Waals surface area contributed by atoms with E-state index in [1.165, 1.54) is 15.9 Å². The van der Waals surface area contributed by atoms with Gasteiger partial charge in [-0.1, -0.05) is 12.1 Å². The van der Waals surface area contributed by atoms with Gasteiger partial charge in [-0.25, -0.2) is 8.42 Å². The summed E-state index contributed by atoms with van der Waals surface area (Å²) in [6, 6.07) is 9.21. The van der Waals surface area contributed by atoms with Crippen LogP contribution in [0.1, 0.15) is 22.4 Å². The molecule has 1 N–H and O–H groups in total. The first-order valence-corrected chi connectivity index (χ1v) is 10.5. The van der Waals surface area contributed by atoms with Crippen molar-refractivity contribution >= 4 is 39.0 Å². The fourth-order valence-electron chi connectivity index (χ4n) is 2.66. The topological polar surface area (TPSA) is 66.5 Å². The SMILES string of the molecule is Cc1ccsc1CNC(=O)/C=C/c1ccc(N2CCCS2(=O)=O)cc1. The van der Waals surface area contributed by atoms with Crippen LogP contribution in [0.2, 0.25) is 0 Å². The second kappa shape index (κ2) is 7.41. The lowest BCUT2D eigenvalue weighted by molar-refractivity contribution is -0.116. The van der Waals surface area contributed by atoms with Gasteiger partial charge in [-0.05, 0) is 54.1 Å². The van der Waals surface area contributed by atoms with Crippen LogP contribution in [-0.4, -0.2) is 26.6 Å². The fraction of sp³-hybridized carbons (Fsp3) is 0.278. The van der Waals surface area contributed by atoms with Crippen molar-refractivity contribution in [2.75, 3.05) is 16.6 Å². The minimum atomic E-state index is -3.16. The van der Waals surface area contributed by atoms with E-state index >= 15 is 0 Å². The van der Waals surface area contributed by atoms with E-state index in [0.29, 0.717) is 25.2 Å². The zero-order chi connectivity index (χ0) is 17.9. The Hall–Kier alpha value is -2.12. The van der Waals surface area contributed by atoms with Crippen LogP contribution in [0.15, 0.2) is 41.8 Å². The monoisotopic (exact) mass is 376 g/mol. The predicted molar refractivity (Wildman–Crippen MR) is 102 cm³/mol. The number of nitrogens with one attached hydrogen (secondary N) is 1. The van der Waals surface area contributed by atoms with Gasteiger partial charge in [-0.3, -0.25) is 9.10 Å². The van der Waals surface area contributed by atoms with E-state index in [-0.39, 0.29) is 11.7 Å². The summed E-state index contributed by atoms with van der Waals surface area (Å²) >= 11 is 1.63. The molecule has 1 aliphatic rings. The summed E-state index contributed by atoms with van der Waals surface area (Å²) in [6.07, 6.45) is 3.87. The Balaban J connectivity index is 1.58. The molecule has 0 unspecified atom stereocenters. The molecule has 1 saturated heterocycles. The molecule has 7 heteroatoms. The van der Waals surface area contributed by atoms with E-state index in [1.807, 2.05) is 30.5 Å². The summed E-state index contributed by atoms with van der Waals surface area (Å²) < 4.78 is 25.3. The summed E-state index contributed by atoms with van der Waals surface area (Å²) in [5.74, 6) is 0.0532. The van der Waals surface area contributed by atoms with Crippen molar-refractivity contribution in [2.45, 2.75) is 19.9 Å². The third-order valence-corrected chi connectivity index (χ3v) is 6.99.